The lowest BCUT2D eigenvalue weighted by Gasteiger charge is -2.14. The van der Waals surface area contributed by atoms with Crippen LogP contribution >= 0.6 is 22.6 Å². The first-order chi connectivity index (χ1) is 12.9. The lowest BCUT2D eigenvalue weighted by Crippen LogP contribution is -2.21. The van der Waals surface area contributed by atoms with Crippen molar-refractivity contribution in [1.29, 1.82) is 0 Å². The second kappa shape index (κ2) is 9.53. The number of nitrogens with one attached hydrogen (secondary N) is 2. The molecule has 0 aliphatic heterocycles. The smallest absolute Gasteiger partial charge is 0.276 e. The molecule has 0 aromatic heterocycles. The molecule has 0 fully saturated rings. The van der Waals surface area contributed by atoms with Gasteiger partial charge >= 0.3 is 0 Å². The molecule has 0 saturated carbocycles. The van der Waals surface area contributed by atoms with Crippen molar-refractivity contribution in [3.63, 3.8) is 0 Å². The Bertz CT molecular complexity index is 880. The number of hydrogen-bond donors (Lipinski definition) is 4. The van der Waals surface area contributed by atoms with E-state index in [2.05, 4.69) is 15.3 Å². The van der Waals surface area contributed by atoms with Crippen molar-refractivity contribution in [2.75, 3.05) is 18.5 Å². The first kappa shape index (κ1) is 20.9. The minimum Gasteiger partial charge on any atom is -0.393 e. The third-order valence-electron chi connectivity index (χ3n) is 3.22. The van der Waals surface area contributed by atoms with Crippen LogP contribution in [0.15, 0.2) is 29.4 Å². The standard InChI is InChI=1S/C16H13F3IN3O4/c17-11-6-9(20)1-2-12(11)22-15-10(16(25)23-26)5-8(13(18)14(15)19)7-21-27-4-3-24/h1-2,5-7,22,24,26H,3-4H2,(H,23,25)/b21-7+. The van der Waals surface area contributed by atoms with Crippen LogP contribution in [-0.4, -0.2) is 35.6 Å². The number of oxime groups is 1. The second-order valence-electron chi connectivity index (χ2n) is 5.00. The topological polar surface area (TPSA) is 103 Å². The summed E-state index contributed by atoms with van der Waals surface area (Å²) in [6.07, 6.45) is 0.789. The van der Waals surface area contributed by atoms with E-state index >= 15 is 0 Å². The van der Waals surface area contributed by atoms with Crippen LogP contribution in [0.1, 0.15) is 15.9 Å². The Morgan fingerprint density at radius 2 is 2.00 bits per heavy atom. The molecule has 4 N–H and O–H groups in total. The Kier molecular flexibility index (Phi) is 7.38. The number of anilines is 2. The zero-order valence-electron chi connectivity index (χ0n) is 13.5. The largest absolute Gasteiger partial charge is 0.393 e. The maximum atomic E-state index is 14.5. The zero-order valence-corrected chi connectivity index (χ0v) is 15.6. The van der Waals surface area contributed by atoms with E-state index in [9.17, 15) is 18.0 Å². The minimum absolute atomic E-state index is 0.170. The highest BCUT2D eigenvalue weighted by atomic mass is 127. The van der Waals surface area contributed by atoms with Gasteiger partial charge in [0, 0.05) is 9.13 Å². The van der Waals surface area contributed by atoms with Gasteiger partial charge in [0.15, 0.2) is 11.6 Å². The summed E-state index contributed by atoms with van der Waals surface area (Å²) in [6, 6.07) is 4.85. The molecule has 2 aromatic carbocycles. The van der Waals surface area contributed by atoms with Gasteiger partial charge in [-0.1, -0.05) is 5.16 Å². The van der Waals surface area contributed by atoms with Gasteiger partial charge in [0.25, 0.3) is 5.91 Å². The third-order valence-corrected chi connectivity index (χ3v) is 3.89. The summed E-state index contributed by atoms with van der Waals surface area (Å²) < 4.78 is 43.4. The molecule has 0 atom stereocenters. The minimum atomic E-state index is -1.49. The SMILES string of the molecule is O=C(NO)c1cc(/C=N/OCCO)c(F)c(F)c1Nc1ccc(I)cc1F. The van der Waals surface area contributed by atoms with E-state index in [-0.39, 0.29) is 18.9 Å². The van der Waals surface area contributed by atoms with E-state index in [1.165, 1.54) is 17.6 Å². The Hall–Kier alpha value is -2.38. The summed E-state index contributed by atoms with van der Waals surface area (Å²) in [7, 11) is 0. The molecule has 0 spiro atoms. The molecule has 0 radical (unpaired) electrons. The average molecular weight is 495 g/mol. The average Bonchev–Trinajstić information content (AvgIpc) is 2.65. The normalized spacial score (nSPS) is 10.9. The van der Waals surface area contributed by atoms with Crippen molar-refractivity contribution >= 4 is 46.1 Å². The number of carbonyl (C=O) groups is 1. The summed E-state index contributed by atoms with van der Waals surface area (Å²) in [5, 5.41) is 23.1. The Balaban J connectivity index is 2.50. The van der Waals surface area contributed by atoms with Gasteiger partial charge in [-0.15, -0.1) is 0 Å². The molecule has 2 aromatic rings. The molecule has 0 saturated heterocycles. The number of nitrogens with zero attached hydrogens (tertiary/aromatic N) is 1. The number of hydrogen-bond acceptors (Lipinski definition) is 6. The van der Waals surface area contributed by atoms with Gasteiger partial charge in [-0.3, -0.25) is 10.0 Å². The van der Waals surface area contributed by atoms with Crippen molar-refractivity contribution < 1.29 is 33.1 Å². The van der Waals surface area contributed by atoms with Gasteiger partial charge in [0.2, 0.25) is 0 Å². The van der Waals surface area contributed by atoms with Crippen molar-refractivity contribution in [3.8, 4) is 0 Å². The highest BCUT2D eigenvalue weighted by Crippen LogP contribution is 2.30. The highest BCUT2D eigenvalue weighted by Gasteiger charge is 2.23. The lowest BCUT2D eigenvalue weighted by molar-refractivity contribution is 0.0706. The first-order valence-corrected chi connectivity index (χ1v) is 8.41. The van der Waals surface area contributed by atoms with Gasteiger partial charge in [-0.25, -0.2) is 18.7 Å². The van der Waals surface area contributed by atoms with Gasteiger partial charge < -0.3 is 15.3 Å². The van der Waals surface area contributed by atoms with Crippen LogP contribution in [0.25, 0.3) is 0 Å². The number of carbonyl (C=O) groups excluding carboxylic acids is 1. The van der Waals surface area contributed by atoms with E-state index < -0.39 is 40.2 Å². The molecule has 27 heavy (non-hydrogen) atoms. The molecule has 1 amide bonds. The van der Waals surface area contributed by atoms with E-state index in [4.69, 9.17) is 10.3 Å². The molecule has 0 aliphatic rings. The summed E-state index contributed by atoms with van der Waals surface area (Å²) >= 11 is 1.87. The van der Waals surface area contributed by atoms with Gasteiger partial charge in [0.05, 0.1) is 29.8 Å². The van der Waals surface area contributed by atoms with Crippen LogP contribution < -0.4 is 10.8 Å². The molecule has 2 rings (SSSR count). The van der Waals surface area contributed by atoms with Crippen LogP contribution in [0.3, 0.4) is 0 Å². The number of aliphatic hydroxyl groups excluding tert-OH is 1. The van der Waals surface area contributed by atoms with E-state index in [1.807, 2.05) is 22.6 Å². The quantitative estimate of drug-likeness (QED) is 0.156. The maximum absolute atomic E-state index is 14.5. The monoisotopic (exact) mass is 495 g/mol. The van der Waals surface area contributed by atoms with E-state index in [1.54, 1.807) is 0 Å². The van der Waals surface area contributed by atoms with Crippen molar-refractivity contribution in [1.82, 2.24) is 5.48 Å². The predicted octanol–water partition coefficient (Wildman–Crippen LogP) is 2.91. The van der Waals surface area contributed by atoms with Gasteiger partial charge in [-0.2, -0.15) is 0 Å². The fraction of sp³-hybridized carbons (Fsp3) is 0.125. The zero-order chi connectivity index (χ0) is 20.0. The molecule has 0 heterocycles. The van der Waals surface area contributed by atoms with Crippen molar-refractivity contribution in [3.05, 3.63) is 56.4 Å². The van der Waals surface area contributed by atoms with Crippen molar-refractivity contribution in [2.24, 2.45) is 5.16 Å². The third kappa shape index (κ3) is 5.08. The summed E-state index contributed by atoms with van der Waals surface area (Å²) in [6.45, 7) is -0.507. The fourth-order valence-electron chi connectivity index (χ4n) is 2.01. The second-order valence-corrected chi connectivity index (χ2v) is 6.24. The van der Waals surface area contributed by atoms with Gasteiger partial charge in [0.1, 0.15) is 12.4 Å². The number of hydroxylamine groups is 1. The summed E-state index contributed by atoms with van der Waals surface area (Å²) in [5.74, 6) is -4.78. The molecule has 7 nitrogen and oxygen atoms in total. The van der Waals surface area contributed by atoms with E-state index in [0.717, 1.165) is 18.3 Å². The molecular formula is C16H13F3IN3O4. The molecule has 144 valence electrons. The Morgan fingerprint density at radius 3 is 2.63 bits per heavy atom. The van der Waals surface area contributed by atoms with Crippen LogP contribution in [0, 0.1) is 21.0 Å². The fourth-order valence-corrected chi connectivity index (χ4v) is 2.47. The molecule has 0 unspecified atom stereocenters. The number of rotatable bonds is 7. The highest BCUT2D eigenvalue weighted by molar-refractivity contribution is 14.1. The maximum Gasteiger partial charge on any atom is 0.276 e. The van der Waals surface area contributed by atoms with Crippen molar-refractivity contribution in [2.45, 2.75) is 0 Å². The number of benzene rings is 2. The Labute approximate surface area is 164 Å². The first-order valence-electron chi connectivity index (χ1n) is 7.33. The summed E-state index contributed by atoms with van der Waals surface area (Å²) in [5.41, 5.74) is -0.527. The lowest BCUT2D eigenvalue weighted by atomic mass is 10.1. The van der Waals surface area contributed by atoms with E-state index in [0.29, 0.717) is 3.57 Å². The number of aliphatic hydroxyl groups is 1. The molecule has 11 heteroatoms. The number of halogens is 4. The molecular weight excluding hydrogens is 482 g/mol. The van der Waals surface area contributed by atoms with Gasteiger partial charge in [-0.05, 0) is 46.9 Å². The van der Waals surface area contributed by atoms with Crippen LogP contribution in [0.5, 0.6) is 0 Å². The summed E-state index contributed by atoms with van der Waals surface area (Å²) in [4.78, 5) is 16.4. The predicted molar refractivity (Wildman–Crippen MR) is 98.6 cm³/mol. The Morgan fingerprint density at radius 1 is 1.26 bits per heavy atom. The molecule has 0 aliphatic carbocycles. The van der Waals surface area contributed by atoms with Crippen LogP contribution in [-0.2, 0) is 4.84 Å². The number of amides is 1. The van der Waals surface area contributed by atoms with Crippen LogP contribution in [0.4, 0.5) is 24.5 Å². The van der Waals surface area contributed by atoms with Crippen LogP contribution in [0.2, 0.25) is 0 Å². The molecule has 0 bridgehead atoms.